The van der Waals surface area contributed by atoms with E-state index in [1.54, 1.807) is 0 Å². The lowest BCUT2D eigenvalue weighted by Gasteiger charge is -2.18. The zero-order valence-corrected chi connectivity index (χ0v) is 9.17. The highest BCUT2D eigenvalue weighted by Crippen LogP contribution is 2.21. The van der Waals surface area contributed by atoms with E-state index in [4.69, 9.17) is 10.2 Å². The van der Waals surface area contributed by atoms with Gasteiger partial charge in [0.2, 0.25) is 0 Å². The van der Waals surface area contributed by atoms with Gasteiger partial charge in [-0.1, -0.05) is 0 Å². The van der Waals surface area contributed by atoms with Crippen LogP contribution in [0.1, 0.15) is 6.92 Å². The molecule has 2 aromatic rings. The summed E-state index contributed by atoms with van der Waals surface area (Å²) in [5, 5.41) is 23.4. The molecule has 0 amide bonds. The van der Waals surface area contributed by atoms with E-state index in [-0.39, 0.29) is 13.5 Å². The Hall–Kier alpha value is -1.59. The van der Waals surface area contributed by atoms with Crippen LogP contribution in [0.15, 0.2) is 24.4 Å². The van der Waals surface area contributed by atoms with Crippen molar-refractivity contribution >= 4 is 16.6 Å². The standard InChI is InChI=1S/C11H15N3O2/c1-2-14-11-5-10(13(7-15)8-16)4-3-9(11)6-12-14/h3-6,15-16H,2,7-8H2,1H3. The summed E-state index contributed by atoms with van der Waals surface area (Å²) in [4.78, 5) is 1.46. The quantitative estimate of drug-likeness (QED) is 0.748. The maximum absolute atomic E-state index is 9.07. The summed E-state index contributed by atoms with van der Waals surface area (Å²) in [7, 11) is 0. The molecule has 0 saturated heterocycles. The molecule has 0 radical (unpaired) electrons. The maximum atomic E-state index is 9.07. The third-order valence-electron chi connectivity index (χ3n) is 2.63. The molecule has 86 valence electrons. The topological polar surface area (TPSA) is 61.5 Å². The Labute approximate surface area is 93.5 Å². The van der Waals surface area contributed by atoms with Gasteiger partial charge in [0.25, 0.3) is 0 Å². The molecule has 1 aromatic carbocycles. The van der Waals surface area contributed by atoms with Gasteiger partial charge in [0, 0.05) is 17.6 Å². The van der Waals surface area contributed by atoms with Crippen molar-refractivity contribution in [1.29, 1.82) is 0 Å². The normalized spacial score (nSPS) is 10.9. The number of aryl methyl sites for hydroxylation is 1. The first kappa shape index (κ1) is 10.9. The summed E-state index contributed by atoms with van der Waals surface area (Å²) in [6, 6.07) is 5.71. The number of aromatic nitrogens is 2. The second kappa shape index (κ2) is 4.51. The van der Waals surface area contributed by atoms with E-state index in [9.17, 15) is 0 Å². The molecule has 2 rings (SSSR count). The van der Waals surface area contributed by atoms with E-state index in [1.807, 2.05) is 36.0 Å². The molecule has 0 saturated carbocycles. The van der Waals surface area contributed by atoms with Crippen molar-refractivity contribution in [1.82, 2.24) is 9.78 Å². The number of hydrogen-bond acceptors (Lipinski definition) is 4. The summed E-state index contributed by atoms with van der Waals surface area (Å²) in [6.45, 7) is 2.41. The maximum Gasteiger partial charge on any atom is 0.117 e. The van der Waals surface area contributed by atoms with Crippen molar-refractivity contribution in [3.63, 3.8) is 0 Å². The average Bonchev–Trinajstić information content (AvgIpc) is 2.73. The Morgan fingerprint density at radius 1 is 1.31 bits per heavy atom. The molecule has 0 aliphatic rings. The molecule has 0 fully saturated rings. The minimum Gasteiger partial charge on any atom is -0.376 e. The zero-order chi connectivity index (χ0) is 11.5. The molecule has 1 heterocycles. The minimum absolute atomic E-state index is 0.206. The number of rotatable bonds is 4. The molecule has 0 spiro atoms. The summed E-state index contributed by atoms with van der Waals surface area (Å²) in [6.07, 6.45) is 1.81. The van der Waals surface area contributed by atoms with E-state index >= 15 is 0 Å². The summed E-state index contributed by atoms with van der Waals surface area (Å²) < 4.78 is 1.88. The Bertz CT molecular complexity index is 477. The first-order chi connectivity index (χ1) is 7.80. The zero-order valence-electron chi connectivity index (χ0n) is 9.17. The Morgan fingerprint density at radius 2 is 2.06 bits per heavy atom. The number of benzene rings is 1. The number of nitrogens with zero attached hydrogens (tertiary/aromatic N) is 3. The number of aliphatic hydroxyl groups is 2. The Balaban J connectivity index is 2.48. The highest BCUT2D eigenvalue weighted by atomic mass is 16.3. The van der Waals surface area contributed by atoms with Crippen LogP contribution in [-0.2, 0) is 6.54 Å². The van der Waals surface area contributed by atoms with E-state index in [1.165, 1.54) is 4.90 Å². The van der Waals surface area contributed by atoms with E-state index in [0.29, 0.717) is 0 Å². The Kier molecular flexibility index (Phi) is 3.07. The van der Waals surface area contributed by atoms with Crippen LogP contribution in [0, 0.1) is 0 Å². The van der Waals surface area contributed by atoms with Gasteiger partial charge in [0.1, 0.15) is 13.5 Å². The van der Waals surface area contributed by atoms with Crippen LogP contribution in [0.3, 0.4) is 0 Å². The van der Waals surface area contributed by atoms with Crippen LogP contribution in [0.5, 0.6) is 0 Å². The van der Waals surface area contributed by atoms with Crippen LogP contribution in [0.25, 0.3) is 10.9 Å². The predicted octanol–water partition coefficient (Wildman–Crippen LogP) is 0.762. The fourth-order valence-corrected chi connectivity index (χ4v) is 1.72. The lowest BCUT2D eigenvalue weighted by molar-refractivity contribution is 0.223. The van der Waals surface area contributed by atoms with Gasteiger partial charge in [-0.05, 0) is 25.1 Å². The SMILES string of the molecule is CCn1ncc2ccc(N(CO)CO)cc21. The van der Waals surface area contributed by atoms with Crippen LogP contribution < -0.4 is 4.90 Å². The molecule has 2 N–H and O–H groups in total. The first-order valence-corrected chi connectivity index (χ1v) is 5.22. The molecule has 0 aliphatic carbocycles. The minimum atomic E-state index is -0.206. The second-order valence-electron chi connectivity index (χ2n) is 3.53. The number of anilines is 1. The molecule has 0 atom stereocenters. The van der Waals surface area contributed by atoms with Gasteiger partial charge in [0.05, 0.1) is 11.7 Å². The lowest BCUT2D eigenvalue weighted by Crippen LogP contribution is -2.24. The van der Waals surface area contributed by atoms with Crippen LogP contribution >= 0.6 is 0 Å². The molecular formula is C11H15N3O2. The molecule has 0 bridgehead atoms. The smallest absolute Gasteiger partial charge is 0.117 e. The van der Waals surface area contributed by atoms with Crippen LogP contribution in [0.4, 0.5) is 5.69 Å². The third-order valence-corrected chi connectivity index (χ3v) is 2.63. The fourth-order valence-electron chi connectivity index (χ4n) is 1.72. The number of hydrogen-bond donors (Lipinski definition) is 2. The molecule has 5 nitrogen and oxygen atoms in total. The van der Waals surface area contributed by atoms with Crippen molar-refractivity contribution < 1.29 is 10.2 Å². The van der Waals surface area contributed by atoms with Gasteiger partial charge in [-0.2, -0.15) is 5.10 Å². The van der Waals surface area contributed by atoms with Crippen molar-refractivity contribution in [2.24, 2.45) is 0 Å². The summed E-state index contributed by atoms with van der Waals surface area (Å²) in [5.74, 6) is 0. The molecule has 5 heteroatoms. The fraction of sp³-hybridized carbons (Fsp3) is 0.364. The van der Waals surface area contributed by atoms with Gasteiger partial charge in [-0.15, -0.1) is 0 Å². The average molecular weight is 221 g/mol. The molecule has 1 aromatic heterocycles. The van der Waals surface area contributed by atoms with Gasteiger partial charge in [0.15, 0.2) is 0 Å². The largest absolute Gasteiger partial charge is 0.376 e. The van der Waals surface area contributed by atoms with Gasteiger partial charge < -0.3 is 15.1 Å². The number of aliphatic hydroxyl groups excluding tert-OH is 2. The lowest BCUT2D eigenvalue weighted by atomic mass is 10.2. The monoisotopic (exact) mass is 221 g/mol. The predicted molar refractivity (Wildman–Crippen MR) is 62.1 cm³/mol. The van der Waals surface area contributed by atoms with Gasteiger partial charge in [-0.25, -0.2) is 0 Å². The molecule has 0 unspecified atom stereocenters. The van der Waals surface area contributed by atoms with E-state index in [2.05, 4.69) is 5.10 Å². The molecule has 16 heavy (non-hydrogen) atoms. The van der Waals surface area contributed by atoms with Gasteiger partial charge >= 0.3 is 0 Å². The van der Waals surface area contributed by atoms with E-state index < -0.39 is 0 Å². The second-order valence-corrected chi connectivity index (χ2v) is 3.53. The van der Waals surface area contributed by atoms with Crippen LogP contribution in [0.2, 0.25) is 0 Å². The molecular weight excluding hydrogens is 206 g/mol. The van der Waals surface area contributed by atoms with Crippen molar-refractivity contribution in [2.45, 2.75) is 13.5 Å². The number of fused-ring (bicyclic) bond motifs is 1. The highest BCUT2D eigenvalue weighted by molar-refractivity contribution is 5.82. The first-order valence-electron chi connectivity index (χ1n) is 5.22. The molecule has 0 aliphatic heterocycles. The van der Waals surface area contributed by atoms with Crippen molar-refractivity contribution in [3.05, 3.63) is 24.4 Å². The van der Waals surface area contributed by atoms with Gasteiger partial charge in [-0.3, -0.25) is 4.68 Å². The summed E-state index contributed by atoms with van der Waals surface area (Å²) >= 11 is 0. The highest BCUT2D eigenvalue weighted by Gasteiger charge is 2.07. The Morgan fingerprint density at radius 3 is 2.69 bits per heavy atom. The summed E-state index contributed by atoms with van der Waals surface area (Å²) in [5.41, 5.74) is 1.79. The van der Waals surface area contributed by atoms with Crippen molar-refractivity contribution in [3.8, 4) is 0 Å². The van der Waals surface area contributed by atoms with Crippen molar-refractivity contribution in [2.75, 3.05) is 18.4 Å². The third kappa shape index (κ3) is 1.75. The van der Waals surface area contributed by atoms with Crippen LogP contribution in [-0.4, -0.2) is 33.5 Å². The van der Waals surface area contributed by atoms with E-state index in [0.717, 1.165) is 23.1 Å².